The second-order valence-electron chi connectivity index (χ2n) is 1.34. The van der Waals surface area contributed by atoms with Gasteiger partial charge in [-0.3, -0.25) is 0 Å². The molecule has 0 aromatic rings. The summed E-state index contributed by atoms with van der Waals surface area (Å²) in [5.41, 5.74) is 0. The van der Waals surface area contributed by atoms with Crippen LogP contribution in [0.4, 0.5) is 4.39 Å². The molecular formula is C6H8ClF. The quantitative estimate of drug-likeness (QED) is 0.402. The maximum absolute atomic E-state index is 11.8. The van der Waals surface area contributed by atoms with E-state index in [1.807, 2.05) is 0 Å². The van der Waals surface area contributed by atoms with Crippen LogP contribution in [0.5, 0.6) is 0 Å². The Morgan fingerprint density at radius 3 is 2.75 bits per heavy atom. The van der Waals surface area contributed by atoms with Crippen LogP contribution in [-0.2, 0) is 0 Å². The smallest absolute Gasteiger partial charge is 0.0968 e. The first kappa shape index (κ1) is 7.70. The van der Waals surface area contributed by atoms with E-state index < -0.39 is 0 Å². The number of halogens is 2. The summed E-state index contributed by atoms with van der Waals surface area (Å²) in [6, 6.07) is 0. The van der Waals surface area contributed by atoms with E-state index in [9.17, 15) is 4.39 Å². The molecule has 0 aromatic carbocycles. The van der Waals surface area contributed by atoms with Crippen molar-refractivity contribution >= 4 is 11.6 Å². The third-order valence-electron chi connectivity index (χ3n) is 0.551. The zero-order chi connectivity index (χ0) is 6.41. The summed E-state index contributed by atoms with van der Waals surface area (Å²) in [5.74, 6) is 0.232. The van der Waals surface area contributed by atoms with Crippen molar-refractivity contribution in [2.75, 3.05) is 5.88 Å². The van der Waals surface area contributed by atoms with Gasteiger partial charge in [0.05, 0.1) is 5.83 Å². The van der Waals surface area contributed by atoms with Crippen LogP contribution in [0, 0.1) is 0 Å². The molecule has 0 saturated carbocycles. The molecule has 0 aromatic heterocycles. The molecule has 0 bridgehead atoms. The summed E-state index contributed by atoms with van der Waals surface area (Å²) in [6.45, 7) is 1.39. The Morgan fingerprint density at radius 1 is 1.75 bits per heavy atom. The van der Waals surface area contributed by atoms with Gasteiger partial charge in [0.1, 0.15) is 0 Å². The summed E-state index contributed by atoms with van der Waals surface area (Å²) in [7, 11) is 0. The average Bonchev–Trinajstić information content (AvgIpc) is 1.66. The number of alkyl halides is 1. The van der Waals surface area contributed by atoms with Gasteiger partial charge in [0.15, 0.2) is 0 Å². The molecule has 0 aliphatic heterocycles. The first-order chi connectivity index (χ1) is 3.77. The molecule has 0 unspecified atom stereocenters. The molecule has 0 aliphatic rings. The molecule has 0 atom stereocenters. The molecule has 0 spiro atoms. The molecule has 0 N–H and O–H groups in total. The minimum absolute atomic E-state index is 0.202. The van der Waals surface area contributed by atoms with Gasteiger partial charge >= 0.3 is 0 Å². The fraction of sp³-hybridized carbons (Fsp3) is 0.333. The topological polar surface area (TPSA) is 0 Å². The second kappa shape index (κ2) is 4.85. The van der Waals surface area contributed by atoms with Gasteiger partial charge in [-0.15, -0.1) is 11.6 Å². The molecule has 0 amide bonds. The van der Waals surface area contributed by atoms with E-state index in [4.69, 9.17) is 11.6 Å². The number of rotatable bonds is 2. The van der Waals surface area contributed by atoms with E-state index in [0.717, 1.165) is 0 Å². The van der Waals surface area contributed by atoms with E-state index in [1.165, 1.54) is 13.0 Å². The predicted octanol–water partition coefficient (Wildman–Crippen LogP) is 2.65. The summed E-state index contributed by atoms with van der Waals surface area (Å²) >= 11 is 5.25. The summed E-state index contributed by atoms with van der Waals surface area (Å²) in [6.07, 6.45) is 4.62. The van der Waals surface area contributed by atoms with Crippen molar-refractivity contribution in [3.8, 4) is 0 Å². The fourth-order valence-electron chi connectivity index (χ4n) is 0.252. The molecule has 0 aliphatic carbocycles. The highest BCUT2D eigenvalue weighted by Gasteiger charge is 1.73. The van der Waals surface area contributed by atoms with E-state index in [0.29, 0.717) is 5.88 Å². The minimum Gasteiger partial charge on any atom is -0.212 e. The zero-order valence-corrected chi connectivity index (χ0v) is 5.45. The lowest BCUT2D eigenvalue weighted by molar-refractivity contribution is 0.640. The van der Waals surface area contributed by atoms with Crippen molar-refractivity contribution in [3.63, 3.8) is 0 Å². The zero-order valence-electron chi connectivity index (χ0n) is 4.70. The number of hydrogen-bond donors (Lipinski definition) is 0. The van der Waals surface area contributed by atoms with Crippen molar-refractivity contribution < 1.29 is 4.39 Å². The molecule has 46 valence electrons. The highest BCUT2D eigenvalue weighted by Crippen LogP contribution is 1.92. The summed E-state index contributed by atoms with van der Waals surface area (Å²) in [4.78, 5) is 0. The lowest BCUT2D eigenvalue weighted by Gasteiger charge is -1.75. The first-order valence-corrected chi connectivity index (χ1v) is 2.85. The van der Waals surface area contributed by atoms with Gasteiger partial charge in [-0.2, -0.15) is 0 Å². The van der Waals surface area contributed by atoms with Crippen molar-refractivity contribution in [2.45, 2.75) is 6.92 Å². The van der Waals surface area contributed by atoms with E-state index in [1.54, 1.807) is 12.2 Å². The third kappa shape index (κ3) is 5.70. The molecule has 0 nitrogen and oxygen atoms in total. The first-order valence-electron chi connectivity index (χ1n) is 2.32. The maximum Gasteiger partial charge on any atom is 0.0968 e. The molecule has 8 heavy (non-hydrogen) atoms. The maximum atomic E-state index is 11.8. The van der Waals surface area contributed by atoms with Crippen molar-refractivity contribution in [3.05, 3.63) is 24.1 Å². The molecule has 0 radical (unpaired) electrons. The van der Waals surface area contributed by atoms with Crippen molar-refractivity contribution in [1.82, 2.24) is 0 Å². The second-order valence-corrected chi connectivity index (χ2v) is 1.64. The Kier molecular flexibility index (Phi) is 4.67. The van der Waals surface area contributed by atoms with Crippen LogP contribution in [0.3, 0.4) is 0 Å². The van der Waals surface area contributed by atoms with Gasteiger partial charge in [-0.25, -0.2) is 4.39 Å². The van der Waals surface area contributed by atoms with E-state index in [2.05, 4.69) is 0 Å². The summed E-state index contributed by atoms with van der Waals surface area (Å²) in [5, 5.41) is 0. The lowest BCUT2D eigenvalue weighted by Crippen LogP contribution is -1.59. The normalized spacial score (nSPS) is 13.1. The SMILES string of the molecule is C/C(F)=C\C=C/CCl. The minimum atomic E-state index is -0.202. The van der Waals surface area contributed by atoms with Gasteiger partial charge < -0.3 is 0 Å². The monoisotopic (exact) mass is 134 g/mol. The lowest BCUT2D eigenvalue weighted by atomic mass is 10.4. The van der Waals surface area contributed by atoms with Crippen LogP contribution in [0.25, 0.3) is 0 Å². The van der Waals surface area contributed by atoms with Crippen LogP contribution < -0.4 is 0 Å². The number of allylic oxidation sites excluding steroid dienone is 4. The van der Waals surface area contributed by atoms with Gasteiger partial charge in [-0.1, -0.05) is 12.2 Å². The Bertz CT molecular complexity index is 101. The highest BCUT2D eigenvalue weighted by molar-refractivity contribution is 6.18. The van der Waals surface area contributed by atoms with Crippen LogP contribution >= 0.6 is 11.6 Å². The van der Waals surface area contributed by atoms with Crippen LogP contribution in [0.2, 0.25) is 0 Å². The average molecular weight is 135 g/mol. The molecule has 0 saturated heterocycles. The van der Waals surface area contributed by atoms with Gasteiger partial charge in [0.25, 0.3) is 0 Å². The molecule has 0 fully saturated rings. The van der Waals surface area contributed by atoms with Gasteiger partial charge in [0, 0.05) is 5.88 Å². The molecule has 0 rings (SSSR count). The number of hydrogen-bond acceptors (Lipinski definition) is 0. The van der Waals surface area contributed by atoms with Crippen molar-refractivity contribution in [2.24, 2.45) is 0 Å². The Balaban J connectivity index is 3.42. The molecule has 0 heterocycles. The van der Waals surface area contributed by atoms with E-state index in [-0.39, 0.29) is 5.83 Å². The Labute approximate surface area is 53.7 Å². The Morgan fingerprint density at radius 2 is 2.38 bits per heavy atom. The van der Waals surface area contributed by atoms with Gasteiger partial charge in [-0.05, 0) is 13.0 Å². The van der Waals surface area contributed by atoms with Crippen LogP contribution in [-0.4, -0.2) is 5.88 Å². The summed E-state index contributed by atoms with van der Waals surface area (Å²) < 4.78 is 11.8. The molecular weight excluding hydrogens is 127 g/mol. The Hall–Kier alpha value is -0.300. The molecule has 2 heteroatoms. The van der Waals surface area contributed by atoms with Crippen LogP contribution in [0.15, 0.2) is 24.1 Å². The predicted molar refractivity (Wildman–Crippen MR) is 34.7 cm³/mol. The standard InChI is InChI=1S/C6H8ClF/c1-6(8)4-2-3-5-7/h2-4H,5H2,1H3/b3-2-,6-4+. The largest absolute Gasteiger partial charge is 0.212 e. The van der Waals surface area contributed by atoms with Gasteiger partial charge in [0.2, 0.25) is 0 Å². The fourth-order valence-corrected chi connectivity index (χ4v) is 0.355. The third-order valence-corrected chi connectivity index (χ3v) is 0.729. The van der Waals surface area contributed by atoms with Crippen LogP contribution in [0.1, 0.15) is 6.92 Å². The van der Waals surface area contributed by atoms with Crippen molar-refractivity contribution in [1.29, 1.82) is 0 Å². The highest BCUT2D eigenvalue weighted by atomic mass is 35.5. The van der Waals surface area contributed by atoms with E-state index >= 15 is 0 Å².